The van der Waals surface area contributed by atoms with E-state index in [-0.39, 0.29) is 5.91 Å². The van der Waals surface area contributed by atoms with Crippen LogP contribution in [0.1, 0.15) is 22.3 Å². The molecule has 1 saturated heterocycles. The molecule has 1 aromatic rings. The quantitative estimate of drug-likeness (QED) is 0.849. The van der Waals surface area contributed by atoms with Gasteiger partial charge in [-0.1, -0.05) is 6.07 Å². The van der Waals surface area contributed by atoms with Crippen molar-refractivity contribution in [3.05, 3.63) is 29.3 Å². The third-order valence-corrected chi connectivity index (χ3v) is 4.30. The van der Waals surface area contributed by atoms with Crippen molar-refractivity contribution in [3.8, 4) is 0 Å². The van der Waals surface area contributed by atoms with Gasteiger partial charge in [0, 0.05) is 30.1 Å². The Morgan fingerprint density at radius 3 is 2.89 bits per heavy atom. The molecular formula is C14H20N2OS. The zero-order valence-electron chi connectivity index (χ0n) is 11.2. The Bertz CT molecular complexity index is 441. The van der Waals surface area contributed by atoms with Gasteiger partial charge in [0.2, 0.25) is 0 Å². The molecule has 2 rings (SSSR count). The maximum atomic E-state index is 12.5. The number of hydrogen-bond donors (Lipinski definition) is 1. The normalized spacial score (nSPS) is 18.9. The van der Waals surface area contributed by atoms with Crippen LogP contribution in [-0.2, 0) is 0 Å². The molecular weight excluding hydrogens is 244 g/mol. The highest BCUT2D eigenvalue weighted by molar-refractivity contribution is 7.98. The Morgan fingerprint density at radius 1 is 1.50 bits per heavy atom. The van der Waals surface area contributed by atoms with E-state index in [1.807, 2.05) is 37.3 Å². The van der Waals surface area contributed by atoms with E-state index in [1.165, 1.54) is 0 Å². The van der Waals surface area contributed by atoms with Crippen molar-refractivity contribution in [2.24, 2.45) is 0 Å². The van der Waals surface area contributed by atoms with E-state index in [9.17, 15) is 4.79 Å². The standard InChI is InChI=1S/C14H20N2OS/c1-10-4-5-12(18-3)8-13(10)14(17)16(2)11-6-7-15-9-11/h4-5,8,11,15H,6-7,9H2,1-3H3. The van der Waals surface area contributed by atoms with Crippen molar-refractivity contribution in [2.75, 3.05) is 26.4 Å². The molecule has 0 radical (unpaired) electrons. The second-order valence-electron chi connectivity index (χ2n) is 4.74. The van der Waals surface area contributed by atoms with Gasteiger partial charge in [-0.25, -0.2) is 0 Å². The lowest BCUT2D eigenvalue weighted by atomic mass is 10.1. The van der Waals surface area contributed by atoms with Crippen molar-refractivity contribution in [2.45, 2.75) is 24.3 Å². The molecule has 98 valence electrons. The fourth-order valence-electron chi connectivity index (χ4n) is 2.28. The van der Waals surface area contributed by atoms with E-state index in [4.69, 9.17) is 0 Å². The minimum Gasteiger partial charge on any atom is -0.337 e. The molecule has 1 fully saturated rings. The summed E-state index contributed by atoms with van der Waals surface area (Å²) in [7, 11) is 1.91. The number of benzene rings is 1. The number of carbonyl (C=O) groups excluding carboxylic acids is 1. The van der Waals surface area contributed by atoms with E-state index >= 15 is 0 Å². The van der Waals surface area contributed by atoms with Crippen molar-refractivity contribution >= 4 is 17.7 Å². The summed E-state index contributed by atoms with van der Waals surface area (Å²) in [5, 5.41) is 3.30. The number of aryl methyl sites for hydroxylation is 1. The number of nitrogens with zero attached hydrogens (tertiary/aromatic N) is 1. The van der Waals surface area contributed by atoms with Crippen LogP contribution in [0.25, 0.3) is 0 Å². The monoisotopic (exact) mass is 264 g/mol. The maximum absolute atomic E-state index is 12.5. The van der Waals surface area contributed by atoms with Crippen LogP contribution in [0.2, 0.25) is 0 Å². The molecule has 1 aromatic carbocycles. The van der Waals surface area contributed by atoms with Crippen LogP contribution in [0.4, 0.5) is 0 Å². The lowest BCUT2D eigenvalue weighted by molar-refractivity contribution is 0.0743. The van der Waals surface area contributed by atoms with E-state index in [1.54, 1.807) is 11.8 Å². The van der Waals surface area contributed by atoms with Crippen LogP contribution in [-0.4, -0.2) is 43.2 Å². The second kappa shape index (κ2) is 5.76. The largest absolute Gasteiger partial charge is 0.337 e. The molecule has 1 aliphatic rings. The molecule has 0 spiro atoms. The summed E-state index contributed by atoms with van der Waals surface area (Å²) in [5.41, 5.74) is 1.88. The number of nitrogens with one attached hydrogen (secondary N) is 1. The van der Waals surface area contributed by atoms with E-state index in [0.717, 1.165) is 35.5 Å². The van der Waals surface area contributed by atoms with Gasteiger partial charge in [-0.15, -0.1) is 11.8 Å². The van der Waals surface area contributed by atoms with Gasteiger partial charge in [0.15, 0.2) is 0 Å². The molecule has 3 nitrogen and oxygen atoms in total. The molecule has 0 aliphatic carbocycles. The number of carbonyl (C=O) groups is 1. The van der Waals surface area contributed by atoms with Crippen LogP contribution in [0.15, 0.2) is 23.1 Å². The van der Waals surface area contributed by atoms with E-state index in [0.29, 0.717) is 6.04 Å². The molecule has 0 bridgehead atoms. The first-order valence-corrected chi connectivity index (χ1v) is 7.48. The summed E-state index contributed by atoms with van der Waals surface area (Å²) in [6.45, 7) is 3.91. The number of likely N-dealkylation sites (N-methyl/N-ethyl adjacent to an activating group) is 1. The van der Waals surface area contributed by atoms with Crippen LogP contribution in [0.5, 0.6) is 0 Å². The molecule has 1 aliphatic heterocycles. The summed E-state index contributed by atoms with van der Waals surface area (Å²) in [4.78, 5) is 15.5. The highest BCUT2D eigenvalue weighted by Gasteiger charge is 2.24. The maximum Gasteiger partial charge on any atom is 0.254 e. The Morgan fingerprint density at radius 2 is 2.28 bits per heavy atom. The van der Waals surface area contributed by atoms with Gasteiger partial charge in [-0.05, 0) is 43.8 Å². The fraction of sp³-hybridized carbons (Fsp3) is 0.500. The second-order valence-corrected chi connectivity index (χ2v) is 5.62. The first-order valence-electron chi connectivity index (χ1n) is 6.26. The zero-order chi connectivity index (χ0) is 13.1. The molecule has 0 saturated carbocycles. The summed E-state index contributed by atoms with van der Waals surface area (Å²) in [6.07, 6.45) is 3.08. The topological polar surface area (TPSA) is 32.3 Å². The van der Waals surface area contributed by atoms with Gasteiger partial charge >= 0.3 is 0 Å². The molecule has 0 aromatic heterocycles. The Balaban J connectivity index is 2.21. The molecule has 4 heteroatoms. The van der Waals surface area contributed by atoms with Gasteiger partial charge in [0.1, 0.15) is 0 Å². The summed E-state index contributed by atoms with van der Waals surface area (Å²) < 4.78 is 0. The molecule has 1 heterocycles. The number of rotatable bonds is 3. The van der Waals surface area contributed by atoms with Crippen molar-refractivity contribution in [1.82, 2.24) is 10.2 Å². The van der Waals surface area contributed by atoms with Gasteiger partial charge in [-0.3, -0.25) is 4.79 Å². The molecule has 1 unspecified atom stereocenters. The first-order chi connectivity index (χ1) is 8.63. The summed E-state index contributed by atoms with van der Waals surface area (Å²) >= 11 is 1.67. The molecule has 18 heavy (non-hydrogen) atoms. The third kappa shape index (κ3) is 2.70. The number of amides is 1. The summed E-state index contributed by atoms with van der Waals surface area (Å²) in [5.74, 6) is 0.136. The lowest BCUT2D eigenvalue weighted by Crippen LogP contribution is -2.38. The molecule has 1 N–H and O–H groups in total. The third-order valence-electron chi connectivity index (χ3n) is 3.58. The van der Waals surface area contributed by atoms with Gasteiger partial charge < -0.3 is 10.2 Å². The fourth-order valence-corrected chi connectivity index (χ4v) is 2.72. The SMILES string of the molecule is CSc1ccc(C)c(C(=O)N(C)C2CCNC2)c1. The Kier molecular flexibility index (Phi) is 4.30. The minimum absolute atomic E-state index is 0.136. The van der Waals surface area contributed by atoms with Crippen molar-refractivity contribution in [1.29, 1.82) is 0 Å². The van der Waals surface area contributed by atoms with Crippen LogP contribution < -0.4 is 5.32 Å². The zero-order valence-corrected chi connectivity index (χ0v) is 12.0. The average molecular weight is 264 g/mol. The van der Waals surface area contributed by atoms with Crippen LogP contribution in [0.3, 0.4) is 0 Å². The predicted molar refractivity (Wildman–Crippen MR) is 76.3 cm³/mol. The van der Waals surface area contributed by atoms with Crippen LogP contribution >= 0.6 is 11.8 Å². The number of thioether (sulfide) groups is 1. The first kappa shape index (κ1) is 13.4. The van der Waals surface area contributed by atoms with Gasteiger partial charge in [-0.2, -0.15) is 0 Å². The van der Waals surface area contributed by atoms with Gasteiger partial charge in [0.05, 0.1) is 0 Å². The predicted octanol–water partition coefficient (Wildman–Crippen LogP) is 2.15. The van der Waals surface area contributed by atoms with Crippen molar-refractivity contribution < 1.29 is 4.79 Å². The Labute approximate surface area is 113 Å². The highest BCUT2D eigenvalue weighted by atomic mass is 32.2. The number of hydrogen-bond acceptors (Lipinski definition) is 3. The Hall–Kier alpha value is -1.00. The summed E-state index contributed by atoms with van der Waals surface area (Å²) in [6, 6.07) is 6.42. The van der Waals surface area contributed by atoms with E-state index in [2.05, 4.69) is 11.4 Å². The minimum atomic E-state index is 0.136. The van der Waals surface area contributed by atoms with Crippen molar-refractivity contribution in [3.63, 3.8) is 0 Å². The lowest BCUT2D eigenvalue weighted by Gasteiger charge is -2.24. The average Bonchev–Trinajstić information content (AvgIpc) is 2.91. The smallest absolute Gasteiger partial charge is 0.254 e. The van der Waals surface area contributed by atoms with Crippen LogP contribution in [0, 0.1) is 6.92 Å². The molecule has 1 atom stereocenters. The molecule has 1 amide bonds. The van der Waals surface area contributed by atoms with Gasteiger partial charge in [0.25, 0.3) is 5.91 Å². The van der Waals surface area contributed by atoms with E-state index < -0.39 is 0 Å². The highest BCUT2D eigenvalue weighted by Crippen LogP contribution is 2.21.